The van der Waals surface area contributed by atoms with Gasteiger partial charge in [0.05, 0.1) is 0 Å². The average Bonchev–Trinajstić information content (AvgIpc) is 2.24. The molecule has 0 aliphatic heterocycles. The molecule has 0 spiro atoms. The minimum atomic E-state index is -1.25. The number of carbonyl (C=O) groups excluding carboxylic acids is 1. The number of aliphatic carboxylic acids is 1. The highest BCUT2D eigenvalue weighted by Gasteiger charge is 2.26. The standard InChI is InChI=1S/C12H13F2NO3/c1-6(2)10(12(17)18)15-11(16)9-7(13)4-3-5-8(9)14/h3-6,10H,1-2H3,(H,15,16)(H,17,18)/t10-/m1/s1. The Morgan fingerprint density at radius 3 is 2.11 bits per heavy atom. The Kier molecular flexibility index (Phi) is 4.36. The van der Waals surface area contributed by atoms with E-state index in [4.69, 9.17) is 5.11 Å². The monoisotopic (exact) mass is 257 g/mol. The van der Waals surface area contributed by atoms with Gasteiger partial charge in [0.1, 0.15) is 23.2 Å². The molecule has 1 amide bonds. The number of carbonyl (C=O) groups is 2. The van der Waals surface area contributed by atoms with Crippen LogP contribution in [0.25, 0.3) is 0 Å². The molecule has 4 nitrogen and oxygen atoms in total. The minimum Gasteiger partial charge on any atom is -0.480 e. The lowest BCUT2D eigenvalue weighted by Gasteiger charge is -2.18. The SMILES string of the molecule is CC(C)[C@@H](NC(=O)c1c(F)cccc1F)C(=O)O. The van der Waals surface area contributed by atoms with Crippen LogP contribution in [0.1, 0.15) is 24.2 Å². The molecule has 0 saturated carbocycles. The Balaban J connectivity index is 2.98. The van der Waals surface area contributed by atoms with E-state index in [1.165, 1.54) is 0 Å². The van der Waals surface area contributed by atoms with E-state index in [2.05, 4.69) is 5.32 Å². The maximum atomic E-state index is 13.3. The molecular formula is C12H13F2NO3. The quantitative estimate of drug-likeness (QED) is 0.864. The van der Waals surface area contributed by atoms with Crippen molar-refractivity contribution in [2.45, 2.75) is 19.9 Å². The summed E-state index contributed by atoms with van der Waals surface area (Å²) in [6.45, 7) is 3.16. The summed E-state index contributed by atoms with van der Waals surface area (Å²) in [5, 5.41) is 11.0. The Morgan fingerprint density at radius 2 is 1.72 bits per heavy atom. The Morgan fingerprint density at radius 1 is 1.22 bits per heavy atom. The minimum absolute atomic E-state index is 0.402. The van der Waals surface area contributed by atoms with Crippen molar-refractivity contribution in [3.8, 4) is 0 Å². The van der Waals surface area contributed by atoms with Crippen LogP contribution >= 0.6 is 0 Å². The predicted octanol–water partition coefficient (Wildman–Crippen LogP) is 1.80. The number of rotatable bonds is 4. The van der Waals surface area contributed by atoms with Gasteiger partial charge in [-0.25, -0.2) is 13.6 Å². The number of carboxylic acid groups (broad SMARTS) is 1. The average molecular weight is 257 g/mol. The van der Waals surface area contributed by atoms with E-state index >= 15 is 0 Å². The van der Waals surface area contributed by atoms with E-state index < -0.39 is 41.0 Å². The number of amides is 1. The maximum absolute atomic E-state index is 13.3. The van der Waals surface area contributed by atoms with Crippen LogP contribution in [0.2, 0.25) is 0 Å². The van der Waals surface area contributed by atoms with Crippen LogP contribution < -0.4 is 5.32 Å². The predicted molar refractivity (Wildman–Crippen MR) is 60.1 cm³/mol. The highest BCUT2D eigenvalue weighted by Crippen LogP contribution is 2.13. The third kappa shape index (κ3) is 3.03. The summed E-state index contributed by atoms with van der Waals surface area (Å²) in [5.74, 6) is -4.79. The van der Waals surface area contributed by atoms with Gasteiger partial charge >= 0.3 is 5.97 Å². The van der Waals surface area contributed by atoms with Gasteiger partial charge in [-0.2, -0.15) is 0 Å². The summed E-state index contributed by atoms with van der Waals surface area (Å²) in [6.07, 6.45) is 0. The lowest BCUT2D eigenvalue weighted by atomic mass is 10.0. The van der Waals surface area contributed by atoms with E-state index in [1.54, 1.807) is 13.8 Å². The van der Waals surface area contributed by atoms with Gasteiger partial charge in [0.2, 0.25) is 0 Å². The van der Waals surface area contributed by atoms with Crippen molar-refractivity contribution in [2.24, 2.45) is 5.92 Å². The van der Waals surface area contributed by atoms with Crippen molar-refractivity contribution < 1.29 is 23.5 Å². The highest BCUT2D eigenvalue weighted by atomic mass is 19.1. The van der Waals surface area contributed by atoms with Gasteiger partial charge in [0, 0.05) is 0 Å². The lowest BCUT2D eigenvalue weighted by molar-refractivity contribution is -0.140. The van der Waals surface area contributed by atoms with Crippen molar-refractivity contribution in [3.05, 3.63) is 35.4 Å². The maximum Gasteiger partial charge on any atom is 0.326 e. The van der Waals surface area contributed by atoms with Crippen molar-refractivity contribution in [3.63, 3.8) is 0 Å². The molecule has 0 aliphatic carbocycles. The fourth-order valence-electron chi connectivity index (χ4n) is 1.44. The summed E-state index contributed by atoms with van der Waals surface area (Å²) in [4.78, 5) is 22.5. The van der Waals surface area contributed by atoms with Crippen LogP contribution in [-0.4, -0.2) is 23.0 Å². The van der Waals surface area contributed by atoms with Gasteiger partial charge in [-0.05, 0) is 18.1 Å². The van der Waals surface area contributed by atoms with Crippen molar-refractivity contribution in [2.75, 3.05) is 0 Å². The third-order valence-electron chi connectivity index (χ3n) is 2.41. The van der Waals surface area contributed by atoms with Crippen LogP contribution in [0.5, 0.6) is 0 Å². The summed E-state index contributed by atoms with van der Waals surface area (Å²) in [7, 11) is 0. The molecule has 98 valence electrons. The highest BCUT2D eigenvalue weighted by molar-refractivity contribution is 5.97. The zero-order chi connectivity index (χ0) is 13.9. The molecule has 2 N–H and O–H groups in total. The number of hydrogen-bond donors (Lipinski definition) is 2. The molecule has 0 bridgehead atoms. The van der Waals surface area contributed by atoms with E-state index in [9.17, 15) is 18.4 Å². The Labute approximate surface area is 103 Å². The smallest absolute Gasteiger partial charge is 0.326 e. The van der Waals surface area contributed by atoms with Gasteiger partial charge in [0.25, 0.3) is 5.91 Å². The molecule has 1 atom stereocenters. The summed E-state index contributed by atoms with van der Waals surface area (Å²) >= 11 is 0. The number of carboxylic acids is 1. The molecule has 1 aromatic carbocycles. The number of halogens is 2. The third-order valence-corrected chi connectivity index (χ3v) is 2.41. The second-order valence-electron chi connectivity index (χ2n) is 4.13. The van der Waals surface area contributed by atoms with Crippen LogP contribution in [0.4, 0.5) is 8.78 Å². The topological polar surface area (TPSA) is 66.4 Å². The second kappa shape index (κ2) is 5.57. The molecular weight excluding hydrogens is 244 g/mol. The van der Waals surface area contributed by atoms with E-state index in [1.807, 2.05) is 0 Å². The van der Waals surface area contributed by atoms with E-state index in [0.717, 1.165) is 18.2 Å². The Bertz CT molecular complexity index is 454. The molecule has 0 radical (unpaired) electrons. The molecule has 0 aromatic heterocycles. The molecule has 0 heterocycles. The van der Waals surface area contributed by atoms with Crippen LogP contribution in [0.3, 0.4) is 0 Å². The molecule has 0 fully saturated rings. The zero-order valence-corrected chi connectivity index (χ0v) is 9.91. The van der Waals surface area contributed by atoms with Gasteiger partial charge < -0.3 is 10.4 Å². The van der Waals surface area contributed by atoms with Gasteiger partial charge in [-0.3, -0.25) is 4.79 Å². The van der Waals surface area contributed by atoms with Gasteiger partial charge in [-0.15, -0.1) is 0 Å². The zero-order valence-electron chi connectivity index (χ0n) is 9.91. The first-order valence-corrected chi connectivity index (χ1v) is 5.32. The molecule has 1 rings (SSSR count). The normalized spacial score (nSPS) is 12.3. The molecule has 0 saturated heterocycles. The van der Waals surface area contributed by atoms with E-state index in [0.29, 0.717) is 0 Å². The lowest BCUT2D eigenvalue weighted by Crippen LogP contribution is -2.44. The molecule has 1 aromatic rings. The number of benzene rings is 1. The summed E-state index contributed by atoms with van der Waals surface area (Å²) < 4.78 is 26.6. The van der Waals surface area contributed by atoms with Crippen LogP contribution in [0.15, 0.2) is 18.2 Å². The van der Waals surface area contributed by atoms with Crippen molar-refractivity contribution >= 4 is 11.9 Å². The second-order valence-corrected chi connectivity index (χ2v) is 4.13. The Hall–Kier alpha value is -1.98. The van der Waals surface area contributed by atoms with Crippen molar-refractivity contribution in [1.82, 2.24) is 5.32 Å². The van der Waals surface area contributed by atoms with Crippen molar-refractivity contribution in [1.29, 1.82) is 0 Å². The first-order valence-electron chi connectivity index (χ1n) is 5.32. The van der Waals surface area contributed by atoms with Crippen LogP contribution in [0, 0.1) is 17.6 Å². The fraction of sp³-hybridized carbons (Fsp3) is 0.333. The van der Waals surface area contributed by atoms with Crippen LogP contribution in [-0.2, 0) is 4.79 Å². The summed E-state index contributed by atoms with van der Waals surface area (Å²) in [5.41, 5.74) is -0.774. The summed E-state index contributed by atoms with van der Waals surface area (Å²) in [6, 6.07) is 1.79. The first kappa shape index (κ1) is 14.1. The number of hydrogen-bond acceptors (Lipinski definition) is 2. The molecule has 0 unspecified atom stereocenters. The van der Waals surface area contributed by atoms with Gasteiger partial charge in [0.15, 0.2) is 0 Å². The first-order chi connectivity index (χ1) is 8.34. The van der Waals surface area contributed by atoms with E-state index in [-0.39, 0.29) is 0 Å². The van der Waals surface area contributed by atoms with Gasteiger partial charge in [-0.1, -0.05) is 19.9 Å². The molecule has 0 aliphatic rings. The molecule has 6 heteroatoms. The fourth-order valence-corrected chi connectivity index (χ4v) is 1.44. The number of nitrogens with one attached hydrogen (secondary N) is 1. The molecule has 18 heavy (non-hydrogen) atoms. The largest absolute Gasteiger partial charge is 0.480 e.